The van der Waals surface area contributed by atoms with Crippen molar-refractivity contribution in [3.8, 4) is 22.3 Å². The topological polar surface area (TPSA) is 26.3 Å². The first-order chi connectivity index (χ1) is 15.1. The molecule has 0 radical (unpaired) electrons. The first-order valence-electron chi connectivity index (χ1n) is 11.6. The number of halogens is 1. The first kappa shape index (κ1) is 23.0. The molecule has 32 heavy (non-hydrogen) atoms. The normalized spacial score (nSPS) is 12.4. The van der Waals surface area contributed by atoms with Crippen molar-refractivity contribution in [1.29, 1.82) is 0 Å². The van der Waals surface area contributed by atoms with Crippen molar-refractivity contribution in [2.45, 2.75) is 73.1 Å². The molecular weight excluding hydrogens is 460 g/mol. The summed E-state index contributed by atoms with van der Waals surface area (Å²) in [6, 6.07) is 6.82. The second-order valence-electron chi connectivity index (χ2n) is 10.0. The summed E-state index contributed by atoms with van der Waals surface area (Å²) in [6.07, 6.45) is 2.94. The van der Waals surface area contributed by atoms with E-state index in [9.17, 15) is 4.79 Å². The average molecular weight is 493 g/mol. The molecule has 2 nitrogen and oxygen atoms in total. The molecule has 0 aromatic heterocycles. The molecule has 0 fully saturated rings. The van der Waals surface area contributed by atoms with Crippen molar-refractivity contribution >= 4 is 32.7 Å². The Bertz CT molecular complexity index is 1280. The van der Waals surface area contributed by atoms with Gasteiger partial charge in [0.25, 0.3) is 0 Å². The molecule has 3 aromatic rings. The number of benzene rings is 3. The average Bonchev–Trinajstić information content (AvgIpc) is 3.10. The number of aryl methyl sites for hydroxylation is 2. The number of ether oxygens (including phenoxy) is 1. The second kappa shape index (κ2) is 8.02. The number of carbonyl (C=O) groups excluding carboxylic acids is 1. The molecule has 168 valence electrons. The second-order valence-corrected chi connectivity index (χ2v) is 10.9. The molecule has 3 heteroatoms. The van der Waals surface area contributed by atoms with Crippen LogP contribution in [0.15, 0.2) is 22.7 Å². The van der Waals surface area contributed by atoms with E-state index in [2.05, 4.69) is 82.6 Å². The molecule has 3 aromatic carbocycles. The molecule has 0 saturated heterocycles. The third-order valence-corrected chi connectivity index (χ3v) is 7.81. The fourth-order valence-electron chi connectivity index (χ4n) is 5.43. The molecule has 1 aliphatic rings. The molecule has 0 amide bonds. The predicted molar refractivity (Wildman–Crippen MR) is 139 cm³/mol. The molecule has 0 saturated carbocycles. The van der Waals surface area contributed by atoms with Crippen LogP contribution in [0.3, 0.4) is 0 Å². The van der Waals surface area contributed by atoms with Gasteiger partial charge in [0.15, 0.2) is 0 Å². The van der Waals surface area contributed by atoms with Gasteiger partial charge >= 0.3 is 5.97 Å². The Morgan fingerprint density at radius 3 is 2.19 bits per heavy atom. The van der Waals surface area contributed by atoms with Crippen LogP contribution >= 0.6 is 15.9 Å². The largest absolute Gasteiger partial charge is 0.465 e. The Hall–Kier alpha value is -2.13. The van der Waals surface area contributed by atoms with Crippen molar-refractivity contribution < 1.29 is 9.53 Å². The highest BCUT2D eigenvalue weighted by atomic mass is 79.9. The number of hydrogen-bond donors (Lipinski definition) is 0. The Balaban J connectivity index is 2.30. The molecular formula is C29H33BrO2. The van der Waals surface area contributed by atoms with Gasteiger partial charge in [-0.25, -0.2) is 4.79 Å². The van der Waals surface area contributed by atoms with E-state index >= 15 is 0 Å². The number of rotatable bonds is 4. The maximum absolute atomic E-state index is 12.7. The van der Waals surface area contributed by atoms with E-state index in [1.54, 1.807) is 0 Å². The van der Waals surface area contributed by atoms with E-state index in [0.29, 0.717) is 5.56 Å². The maximum Gasteiger partial charge on any atom is 0.338 e. The minimum Gasteiger partial charge on any atom is -0.465 e. The summed E-state index contributed by atoms with van der Waals surface area (Å²) < 4.78 is 6.29. The summed E-state index contributed by atoms with van der Waals surface area (Å²) in [5.74, 6) is -0.256. The highest BCUT2D eigenvalue weighted by Crippen LogP contribution is 2.56. The lowest BCUT2D eigenvalue weighted by Gasteiger charge is -2.25. The minimum atomic E-state index is -0.256. The fourth-order valence-corrected chi connectivity index (χ4v) is 5.85. The Kier molecular flexibility index (Phi) is 5.78. The molecule has 0 atom stereocenters. The third-order valence-electron chi connectivity index (χ3n) is 6.99. The van der Waals surface area contributed by atoms with Crippen LogP contribution in [0.1, 0.15) is 79.2 Å². The van der Waals surface area contributed by atoms with Crippen molar-refractivity contribution in [3.05, 3.63) is 56.1 Å². The molecule has 0 unspecified atom stereocenters. The van der Waals surface area contributed by atoms with Gasteiger partial charge in [0.05, 0.1) is 12.7 Å². The van der Waals surface area contributed by atoms with Crippen LogP contribution in [-0.4, -0.2) is 13.1 Å². The summed E-state index contributed by atoms with van der Waals surface area (Å²) in [5.41, 5.74) is 12.2. The zero-order chi connectivity index (χ0) is 23.5. The van der Waals surface area contributed by atoms with Gasteiger partial charge in [-0.05, 0) is 105 Å². The van der Waals surface area contributed by atoms with Crippen LogP contribution in [0.25, 0.3) is 33.0 Å². The SMILES string of the molecule is CCCc1cc(C(=O)OC)c(C)c2c1-c1c(CC)cc(C(C)(C)C)c3cc(Br)c(C)c-2c13. The van der Waals surface area contributed by atoms with E-state index in [4.69, 9.17) is 4.74 Å². The Labute approximate surface area is 200 Å². The molecule has 0 bridgehead atoms. The van der Waals surface area contributed by atoms with Gasteiger partial charge in [-0.3, -0.25) is 0 Å². The summed E-state index contributed by atoms with van der Waals surface area (Å²) in [4.78, 5) is 12.7. The molecule has 0 heterocycles. The van der Waals surface area contributed by atoms with Crippen LogP contribution in [0.5, 0.6) is 0 Å². The standard InChI is InChI=1S/C29H33BrO2/c1-9-11-18-12-19(28(31)32-8)15(3)23-24-16(4)22(30)14-20-21(29(5,6)7)13-17(10-2)25(26(18)23)27(20)24/h12-14H,9-11H2,1-8H3. The van der Waals surface area contributed by atoms with Crippen molar-refractivity contribution in [2.24, 2.45) is 0 Å². The fraction of sp³-hybridized carbons (Fsp3) is 0.414. The lowest BCUT2D eigenvalue weighted by Crippen LogP contribution is -2.13. The van der Waals surface area contributed by atoms with Crippen molar-refractivity contribution in [3.63, 3.8) is 0 Å². The number of carbonyl (C=O) groups is 1. The Morgan fingerprint density at radius 1 is 0.938 bits per heavy atom. The van der Waals surface area contributed by atoms with Gasteiger partial charge in [0, 0.05) is 4.47 Å². The van der Waals surface area contributed by atoms with Crippen molar-refractivity contribution in [2.75, 3.05) is 7.11 Å². The number of hydrogen-bond acceptors (Lipinski definition) is 2. The molecule has 4 rings (SSSR count). The molecule has 0 N–H and O–H groups in total. The number of esters is 1. The predicted octanol–water partition coefficient (Wildman–Crippen LogP) is 8.47. The lowest BCUT2D eigenvalue weighted by atomic mass is 9.80. The van der Waals surface area contributed by atoms with Gasteiger partial charge in [-0.2, -0.15) is 0 Å². The monoisotopic (exact) mass is 492 g/mol. The van der Waals surface area contributed by atoms with Gasteiger partial charge in [-0.15, -0.1) is 0 Å². The smallest absolute Gasteiger partial charge is 0.338 e. The summed E-state index contributed by atoms with van der Waals surface area (Å²) in [6.45, 7) is 15.6. The lowest BCUT2D eigenvalue weighted by molar-refractivity contribution is 0.0600. The number of methoxy groups -OCH3 is 1. The first-order valence-corrected chi connectivity index (χ1v) is 12.4. The van der Waals surface area contributed by atoms with Crippen LogP contribution in [0.2, 0.25) is 0 Å². The van der Waals surface area contributed by atoms with Crippen LogP contribution in [-0.2, 0) is 23.0 Å². The van der Waals surface area contributed by atoms with Crippen molar-refractivity contribution in [1.82, 2.24) is 0 Å². The summed E-state index contributed by atoms with van der Waals surface area (Å²) in [5, 5.41) is 2.67. The van der Waals surface area contributed by atoms with E-state index in [1.165, 1.54) is 62.4 Å². The Morgan fingerprint density at radius 2 is 1.62 bits per heavy atom. The highest BCUT2D eigenvalue weighted by Gasteiger charge is 2.34. The molecule has 0 spiro atoms. The third kappa shape index (κ3) is 3.23. The van der Waals surface area contributed by atoms with E-state index in [-0.39, 0.29) is 11.4 Å². The van der Waals surface area contributed by atoms with Crippen LogP contribution in [0.4, 0.5) is 0 Å². The maximum atomic E-state index is 12.7. The number of fused-ring (bicyclic) bond motifs is 3. The summed E-state index contributed by atoms with van der Waals surface area (Å²) >= 11 is 3.86. The van der Waals surface area contributed by atoms with E-state index in [1.807, 2.05) is 0 Å². The van der Waals surface area contributed by atoms with E-state index < -0.39 is 0 Å². The summed E-state index contributed by atoms with van der Waals surface area (Å²) in [7, 11) is 1.47. The van der Waals surface area contributed by atoms with E-state index in [0.717, 1.165) is 29.3 Å². The van der Waals surface area contributed by atoms with Gasteiger partial charge < -0.3 is 4.74 Å². The quantitative estimate of drug-likeness (QED) is 0.267. The molecule has 0 aliphatic heterocycles. The van der Waals surface area contributed by atoms with Crippen LogP contribution < -0.4 is 0 Å². The zero-order valence-electron chi connectivity index (χ0n) is 20.5. The van der Waals surface area contributed by atoms with Gasteiger partial charge in [0.1, 0.15) is 0 Å². The van der Waals surface area contributed by atoms with Gasteiger partial charge in [-0.1, -0.05) is 63.0 Å². The van der Waals surface area contributed by atoms with Crippen LogP contribution in [0, 0.1) is 13.8 Å². The van der Waals surface area contributed by atoms with Gasteiger partial charge in [0.2, 0.25) is 0 Å². The zero-order valence-corrected chi connectivity index (χ0v) is 22.1. The molecule has 1 aliphatic carbocycles. The minimum absolute atomic E-state index is 0.0294. The highest BCUT2D eigenvalue weighted by molar-refractivity contribution is 9.10.